The van der Waals surface area contributed by atoms with Crippen molar-refractivity contribution in [1.29, 1.82) is 0 Å². The number of carbonyl (C=O) groups excluding carboxylic acids is 1. The van der Waals surface area contributed by atoms with Gasteiger partial charge in [-0.05, 0) is 12.8 Å². The van der Waals surface area contributed by atoms with E-state index < -0.39 is 18.0 Å². The van der Waals surface area contributed by atoms with Crippen LogP contribution in [-0.2, 0) is 14.4 Å². The van der Waals surface area contributed by atoms with Gasteiger partial charge in [-0.3, -0.25) is 9.59 Å². The summed E-state index contributed by atoms with van der Waals surface area (Å²) in [6.45, 7) is 0. The minimum atomic E-state index is -1.05. The smallest absolute Gasteiger partial charge is 0.327 e. The van der Waals surface area contributed by atoms with Crippen molar-refractivity contribution >= 4 is 30.5 Å². The largest absolute Gasteiger partial charge is 0.481 e. The van der Waals surface area contributed by atoms with Crippen LogP contribution in [0.3, 0.4) is 0 Å². The molecule has 0 aliphatic rings. The number of unbranched alkanes of at least 4 members (excludes halogenated alkanes) is 11. The van der Waals surface area contributed by atoms with Crippen molar-refractivity contribution in [1.82, 2.24) is 5.32 Å². The molecule has 26 heavy (non-hydrogen) atoms. The van der Waals surface area contributed by atoms with Crippen LogP contribution in [0.2, 0.25) is 0 Å². The van der Waals surface area contributed by atoms with Crippen LogP contribution in [0, 0.1) is 0 Å². The van der Waals surface area contributed by atoms with E-state index >= 15 is 0 Å². The van der Waals surface area contributed by atoms with Gasteiger partial charge in [0.05, 0.1) is 0 Å². The molecule has 0 heterocycles. The lowest BCUT2D eigenvalue weighted by atomic mass is 10.0. The Hall–Kier alpha value is -1.24. The average molecular weight is 390 g/mol. The number of rotatable bonds is 18. The first kappa shape index (κ1) is 24.8. The Balaban J connectivity index is 3.30. The quantitative estimate of drug-likeness (QED) is 0.209. The predicted molar refractivity (Wildman–Crippen MR) is 106 cm³/mol. The first-order valence-electron chi connectivity index (χ1n) is 9.82. The van der Waals surface area contributed by atoms with Gasteiger partial charge in [-0.1, -0.05) is 64.2 Å². The highest BCUT2D eigenvalue weighted by molar-refractivity contribution is 7.80. The summed E-state index contributed by atoms with van der Waals surface area (Å²) in [5, 5.41) is 19.9. The molecule has 0 fully saturated rings. The highest BCUT2D eigenvalue weighted by Crippen LogP contribution is 2.13. The number of hydrogen-bond acceptors (Lipinski definition) is 4. The maximum Gasteiger partial charge on any atom is 0.327 e. The van der Waals surface area contributed by atoms with Gasteiger partial charge in [0.15, 0.2) is 0 Å². The molecule has 0 bridgehead atoms. The summed E-state index contributed by atoms with van der Waals surface area (Å²) >= 11 is 3.91. The van der Waals surface area contributed by atoms with Gasteiger partial charge in [-0.25, -0.2) is 4.79 Å². The van der Waals surface area contributed by atoms with Crippen LogP contribution in [0.1, 0.15) is 89.9 Å². The van der Waals surface area contributed by atoms with Crippen LogP contribution < -0.4 is 5.32 Å². The molecule has 1 atom stereocenters. The summed E-state index contributed by atoms with van der Waals surface area (Å²) in [6, 6.07) is -0.900. The summed E-state index contributed by atoms with van der Waals surface area (Å²) in [6.07, 6.45) is 13.8. The standard InChI is InChI=1S/C19H35NO5S/c21-17(20-16(15-26)19(24)25)13-11-9-7-5-3-1-2-4-6-8-10-12-14-18(22)23/h16,26H,1-15H2,(H,20,21)(H,22,23)(H,24,25). The molecule has 6 nitrogen and oxygen atoms in total. The molecular weight excluding hydrogens is 354 g/mol. The molecule has 152 valence electrons. The molecule has 0 aromatic rings. The van der Waals surface area contributed by atoms with Crippen molar-refractivity contribution in [3.05, 3.63) is 0 Å². The normalized spacial score (nSPS) is 11.9. The molecule has 0 spiro atoms. The highest BCUT2D eigenvalue weighted by Gasteiger charge is 2.17. The number of carboxylic acids is 2. The van der Waals surface area contributed by atoms with Gasteiger partial charge in [0.2, 0.25) is 5.91 Å². The minimum absolute atomic E-state index is 0.101. The van der Waals surface area contributed by atoms with Gasteiger partial charge in [0.25, 0.3) is 0 Å². The van der Waals surface area contributed by atoms with Crippen molar-refractivity contribution in [2.24, 2.45) is 0 Å². The molecule has 7 heteroatoms. The van der Waals surface area contributed by atoms with Gasteiger partial charge in [0.1, 0.15) is 6.04 Å². The van der Waals surface area contributed by atoms with Gasteiger partial charge >= 0.3 is 11.9 Å². The second kappa shape index (κ2) is 17.2. The third-order valence-corrected chi connectivity index (χ3v) is 4.73. The second-order valence-electron chi connectivity index (χ2n) is 6.78. The molecule has 1 amide bonds. The van der Waals surface area contributed by atoms with Crippen molar-refractivity contribution in [3.63, 3.8) is 0 Å². The maximum atomic E-state index is 11.6. The fraction of sp³-hybridized carbons (Fsp3) is 0.842. The summed E-state index contributed by atoms with van der Waals surface area (Å²) in [4.78, 5) is 32.8. The lowest BCUT2D eigenvalue weighted by molar-refractivity contribution is -0.141. The zero-order valence-electron chi connectivity index (χ0n) is 15.8. The fourth-order valence-electron chi connectivity index (χ4n) is 2.78. The highest BCUT2D eigenvalue weighted by atomic mass is 32.1. The van der Waals surface area contributed by atoms with E-state index in [1.54, 1.807) is 0 Å². The Labute approximate surface area is 162 Å². The predicted octanol–water partition coefficient (Wildman–Crippen LogP) is 4.03. The van der Waals surface area contributed by atoms with E-state index in [9.17, 15) is 14.4 Å². The third-order valence-electron chi connectivity index (χ3n) is 4.36. The molecule has 1 unspecified atom stereocenters. The van der Waals surface area contributed by atoms with Crippen molar-refractivity contribution in [3.8, 4) is 0 Å². The summed E-state index contributed by atoms with van der Waals surface area (Å²) < 4.78 is 0. The number of carboxylic acid groups (broad SMARTS) is 2. The molecule has 3 N–H and O–H groups in total. The molecule has 0 aromatic carbocycles. The Kier molecular flexibility index (Phi) is 16.4. The third kappa shape index (κ3) is 16.2. The van der Waals surface area contributed by atoms with Crippen molar-refractivity contribution in [2.45, 2.75) is 95.9 Å². The van der Waals surface area contributed by atoms with Gasteiger partial charge < -0.3 is 15.5 Å². The van der Waals surface area contributed by atoms with Crippen LogP contribution in [0.5, 0.6) is 0 Å². The zero-order chi connectivity index (χ0) is 19.6. The first-order valence-corrected chi connectivity index (χ1v) is 10.5. The van der Waals surface area contributed by atoms with Crippen LogP contribution in [0.4, 0.5) is 0 Å². The zero-order valence-corrected chi connectivity index (χ0v) is 16.6. The van der Waals surface area contributed by atoms with Crippen molar-refractivity contribution in [2.75, 3.05) is 5.75 Å². The van der Waals surface area contributed by atoms with Crippen LogP contribution in [0.25, 0.3) is 0 Å². The second-order valence-corrected chi connectivity index (χ2v) is 7.14. The SMILES string of the molecule is O=C(O)CCCCCCCCCCCCCCC(=O)NC(CS)C(=O)O. The van der Waals surface area contributed by atoms with E-state index in [0.29, 0.717) is 6.42 Å². The fourth-order valence-corrected chi connectivity index (χ4v) is 3.03. The van der Waals surface area contributed by atoms with Gasteiger partial charge in [-0.2, -0.15) is 12.6 Å². The molecule has 0 saturated carbocycles. The van der Waals surface area contributed by atoms with Crippen LogP contribution in [-0.4, -0.2) is 39.9 Å². The molecule has 0 aliphatic heterocycles. The van der Waals surface area contributed by atoms with Crippen molar-refractivity contribution < 1.29 is 24.6 Å². The van der Waals surface area contributed by atoms with Crippen LogP contribution in [0.15, 0.2) is 0 Å². The molecule has 0 aromatic heterocycles. The maximum absolute atomic E-state index is 11.6. The molecule has 0 aliphatic carbocycles. The van der Waals surface area contributed by atoms with Crippen LogP contribution >= 0.6 is 12.6 Å². The van der Waals surface area contributed by atoms with E-state index in [1.165, 1.54) is 38.5 Å². The monoisotopic (exact) mass is 389 g/mol. The summed E-state index contributed by atoms with van der Waals surface area (Å²) in [7, 11) is 0. The van der Waals surface area contributed by atoms with E-state index in [0.717, 1.165) is 38.5 Å². The van der Waals surface area contributed by atoms with E-state index in [-0.39, 0.29) is 18.1 Å². The average Bonchev–Trinajstić information content (AvgIpc) is 2.59. The number of carbonyl (C=O) groups is 3. The summed E-state index contributed by atoms with van der Waals surface area (Å²) in [5.41, 5.74) is 0. The summed E-state index contributed by atoms with van der Waals surface area (Å²) in [5.74, 6) is -1.86. The Morgan fingerprint density at radius 1 is 0.692 bits per heavy atom. The number of nitrogens with one attached hydrogen (secondary N) is 1. The first-order chi connectivity index (χ1) is 12.5. The molecular formula is C19H35NO5S. The lowest BCUT2D eigenvalue weighted by Gasteiger charge is -2.11. The van der Waals surface area contributed by atoms with E-state index in [4.69, 9.17) is 10.2 Å². The Morgan fingerprint density at radius 3 is 1.42 bits per heavy atom. The molecule has 0 radical (unpaired) electrons. The number of amides is 1. The van der Waals surface area contributed by atoms with E-state index in [1.807, 2.05) is 0 Å². The Bertz CT molecular complexity index is 403. The topological polar surface area (TPSA) is 104 Å². The Morgan fingerprint density at radius 2 is 1.08 bits per heavy atom. The van der Waals surface area contributed by atoms with Gasteiger partial charge in [0, 0.05) is 18.6 Å². The molecule has 0 saturated heterocycles. The number of thiol groups is 1. The number of aliphatic carboxylic acids is 2. The van der Waals surface area contributed by atoms with E-state index in [2.05, 4.69) is 17.9 Å². The minimum Gasteiger partial charge on any atom is -0.481 e. The number of hydrogen-bond donors (Lipinski definition) is 4. The lowest BCUT2D eigenvalue weighted by Crippen LogP contribution is -2.42. The molecule has 0 rings (SSSR count). The van der Waals surface area contributed by atoms with Gasteiger partial charge in [-0.15, -0.1) is 0 Å².